The van der Waals surface area contributed by atoms with Crippen molar-refractivity contribution in [1.82, 2.24) is 9.55 Å². The number of hydrogen-bond acceptors (Lipinski definition) is 2. The van der Waals surface area contributed by atoms with E-state index < -0.39 is 0 Å². The molecule has 0 bridgehead atoms. The Morgan fingerprint density at radius 1 is 1.33 bits per heavy atom. The maximum atomic E-state index is 4.41. The largest absolute Gasteiger partial charge is 0.324 e. The summed E-state index contributed by atoms with van der Waals surface area (Å²) in [5.41, 5.74) is 3.59. The van der Waals surface area contributed by atoms with Crippen molar-refractivity contribution in [1.29, 1.82) is 0 Å². The van der Waals surface area contributed by atoms with Gasteiger partial charge in [-0.15, -0.1) is 0 Å². The van der Waals surface area contributed by atoms with Gasteiger partial charge in [-0.05, 0) is 59.8 Å². The molecule has 1 heterocycles. The maximum Gasteiger partial charge on any atom is 0.207 e. The molecule has 1 aliphatic rings. The lowest BCUT2D eigenvalue weighted by molar-refractivity contribution is 0.751. The molecule has 1 aromatic carbocycles. The third-order valence-electron chi connectivity index (χ3n) is 3.28. The predicted octanol–water partition coefficient (Wildman–Crippen LogP) is 4.34. The Morgan fingerprint density at radius 3 is 2.78 bits per heavy atom. The standard InChI is InChI=1S/C14H16BrN3/c1-9-7-10(2)13(12(15)8-9)17-14-16-5-6-18(14)11-3-4-11/h5-8,11H,3-4H2,1-2H3,(H,16,17). The average molecular weight is 306 g/mol. The third-order valence-corrected chi connectivity index (χ3v) is 3.90. The topological polar surface area (TPSA) is 29.9 Å². The number of aromatic nitrogens is 2. The fourth-order valence-corrected chi connectivity index (χ4v) is 3.02. The summed E-state index contributed by atoms with van der Waals surface area (Å²) in [4.78, 5) is 4.41. The molecule has 0 aliphatic heterocycles. The molecule has 0 spiro atoms. The summed E-state index contributed by atoms with van der Waals surface area (Å²) < 4.78 is 3.32. The zero-order valence-corrected chi connectivity index (χ0v) is 12.2. The van der Waals surface area contributed by atoms with Crippen LogP contribution in [0.1, 0.15) is 30.0 Å². The summed E-state index contributed by atoms with van der Waals surface area (Å²) in [5.74, 6) is 0.935. The number of halogens is 1. The van der Waals surface area contributed by atoms with Crippen LogP contribution in [0.15, 0.2) is 29.0 Å². The van der Waals surface area contributed by atoms with Gasteiger partial charge in [0.2, 0.25) is 5.95 Å². The van der Waals surface area contributed by atoms with Gasteiger partial charge in [-0.2, -0.15) is 0 Å². The van der Waals surface area contributed by atoms with Crippen molar-refractivity contribution in [2.24, 2.45) is 0 Å². The molecule has 0 unspecified atom stereocenters. The first-order valence-corrected chi connectivity index (χ1v) is 7.01. The predicted molar refractivity (Wildman–Crippen MR) is 77.4 cm³/mol. The molecule has 1 aliphatic carbocycles. The van der Waals surface area contributed by atoms with Gasteiger partial charge in [0.1, 0.15) is 0 Å². The zero-order chi connectivity index (χ0) is 12.7. The van der Waals surface area contributed by atoms with E-state index in [4.69, 9.17) is 0 Å². The van der Waals surface area contributed by atoms with E-state index in [0.717, 1.165) is 16.1 Å². The van der Waals surface area contributed by atoms with Crippen molar-refractivity contribution >= 4 is 27.6 Å². The maximum absolute atomic E-state index is 4.41. The van der Waals surface area contributed by atoms with E-state index in [1.165, 1.54) is 24.0 Å². The Balaban J connectivity index is 1.94. The van der Waals surface area contributed by atoms with Crippen LogP contribution in [0.4, 0.5) is 11.6 Å². The van der Waals surface area contributed by atoms with Crippen LogP contribution in [0, 0.1) is 13.8 Å². The van der Waals surface area contributed by atoms with E-state index in [1.807, 2.05) is 6.20 Å². The summed E-state index contributed by atoms with van der Waals surface area (Å²) in [6, 6.07) is 4.94. The molecule has 4 heteroatoms. The molecule has 0 atom stereocenters. The second-order valence-corrected chi connectivity index (χ2v) is 5.81. The van der Waals surface area contributed by atoms with Crippen LogP contribution >= 0.6 is 15.9 Å². The van der Waals surface area contributed by atoms with Crippen LogP contribution in [-0.4, -0.2) is 9.55 Å². The molecule has 3 nitrogen and oxygen atoms in total. The minimum Gasteiger partial charge on any atom is -0.324 e. The van der Waals surface area contributed by atoms with Gasteiger partial charge in [0.05, 0.1) is 5.69 Å². The Bertz CT molecular complexity index is 561. The fourth-order valence-electron chi connectivity index (χ4n) is 2.24. The summed E-state index contributed by atoms with van der Waals surface area (Å²) in [6.45, 7) is 4.22. The van der Waals surface area contributed by atoms with Gasteiger partial charge in [0.25, 0.3) is 0 Å². The fraction of sp³-hybridized carbons (Fsp3) is 0.357. The van der Waals surface area contributed by atoms with Gasteiger partial charge in [-0.1, -0.05) is 6.07 Å². The number of nitrogens with one attached hydrogen (secondary N) is 1. The molecule has 1 aromatic heterocycles. The van der Waals surface area contributed by atoms with E-state index in [0.29, 0.717) is 6.04 Å². The highest BCUT2D eigenvalue weighted by Crippen LogP contribution is 2.38. The zero-order valence-electron chi connectivity index (χ0n) is 10.6. The molecule has 3 rings (SSSR count). The molecule has 94 valence electrons. The van der Waals surface area contributed by atoms with E-state index in [9.17, 15) is 0 Å². The van der Waals surface area contributed by atoms with Crippen molar-refractivity contribution in [3.63, 3.8) is 0 Å². The second-order valence-electron chi connectivity index (χ2n) is 4.95. The van der Waals surface area contributed by atoms with Crippen molar-refractivity contribution in [3.8, 4) is 0 Å². The van der Waals surface area contributed by atoms with E-state index in [-0.39, 0.29) is 0 Å². The summed E-state index contributed by atoms with van der Waals surface area (Å²) in [6.07, 6.45) is 6.44. The Morgan fingerprint density at radius 2 is 2.11 bits per heavy atom. The number of imidazole rings is 1. The van der Waals surface area contributed by atoms with Crippen LogP contribution in [-0.2, 0) is 0 Å². The number of aryl methyl sites for hydroxylation is 2. The molecule has 2 aromatic rings. The molecule has 18 heavy (non-hydrogen) atoms. The molecular formula is C14H16BrN3. The minimum atomic E-state index is 0.638. The monoisotopic (exact) mass is 305 g/mol. The van der Waals surface area contributed by atoms with Gasteiger partial charge in [0.15, 0.2) is 0 Å². The van der Waals surface area contributed by atoms with E-state index >= 15 is 0 Å². The number of rotatable bonds is 3. The highest BCUT2D eigenvalue weighted by atomic mass is 79.9. The highest BCUT2D eigenvalue weighted by Gasteiger charge is 2.25. The first kappa shape index (κ1) is 11.8. The van der Waals surface area contributed by atoms with Crippen molar-refractivity contribution in [3.05, 3.63) is 40.1 Å². The summed E-state index contributed by atoms with van der Waals surface area (Å²) in [5, 5.41) is 3.44. The van der Waals surface area contributed by atoms with E-state index in [1.54, 1.807) is 0 Å². The molecule has 0 amide bonds. The van der Waals surface area contributed by atoms with Crippen LogP contribution in [0.5, 0.6) is 0 Å². The summed E-state index contributed by atoms with van der Waals surface area (Å²) in [7, 11) is 0. The lowest BCUT2D eigenvalue weighted by Gasteiger charge is -2.13. The molecule has 0 radical (unpaired) electrons. The van der Waals surface area contributed by atoms with Crippen LogP contribution in [0.2, 0.25) is 0 Å². The Labute approximate surface area is 115 Å². The molecular weight excluding hydrogens is 290 g/mol. The van der Waals surface area contributed by atoms with Crippen molar-refractivity contribution < 1.29 is 0 Å². The molecule has 1 fully saturated rings. The first-order chi connectivity index (χ1) is 8.65. The van der Waals surface area contributed by atoms with Crippen LogP contribution in [0.3, 0.4) is 0 Å². The normalized spacial score (nSPS) is 14.8. The Hall–Kier alpha value is -1.29. The summed E-state index contributed by atoms with van der Waals surface area (Å²) >= 11 is 3.62. The lowest BCUT2D eigenvalue weighted by atomic mass is 10.1. The lowest BCUT2D eigenvalue weighted by Crippen LogP contribution is -2.03. The molecule has 1 saturated carbocycles. The molecule has 0 saturated heterocycles. The number of anilines is 2. The van der Waals surface area contributed by atoms with Gasteiger partial charge in [-0.25, -0.2) is 4.98 Å². The highest BCUT2D eigenvalue weighted by molar-refractivity contribution is 9.10. The minimum absolute atomic E-state index is 0.638. The average Bonchev–Trinajstić information content (AvgIpc) is 3.04. The van der Waals surface area contributed by atoms with Gasteiger partial charge >= 0.3 is 0 Å². The van der Waals surface area contributed by atoms with Gasteiger partial charge in [0, 0.05) is 22.9 Å². The van der Waals surface area contributed by atoms with Crippen LogP contribution in [0.25, 0.3) is 0 Å². The quantitative estimate of drug-likeness (QED) is 0.914. The third kappa shape index (κ3) is 2.17. The van der Waals surface area contributed by atoms with Crippen LogP contribution < -0.4 is 5.32 Å². The number of benzene rings is 1. The Kier molecular flexibility index (Phi) is 2.90. The van der Waals surface area contributed by atoms with Gasteiger partial charge < -0.3 is 9.88 Å². The number of nitrogens with zero attached hydrogens (tertiary/aromatic N) is 2. The number of hydrogen-bond donors (Lipinski definition) is 1. The second kappa shape index (κ2) is 4.43. The SMILES string of the molecule is Cc1cc(C)c(Nc2nccn2C2CC2)c(Br)c1. The van der Waals surface area contributed by atoms with Crippen molar-refractivity contribution in [2.75, 3.05) is 5.32 Å². The van der Waals surface area contributed by atoms with Crippen molar-refractivity contribution in [2.45, 2.75) is 32.7 Å². The van der Waals surface area contributed by atoms with Gasteiger partial charge in [-0.3, -0.25) is 0 Å². The first-order valence-electron chi connectivity index (χ1n) is 6.22. The smallest absolute Gasteiger partial charge is 0.207 e. The molecule has 1 N–H and O–H groups in total. The van der Waals surface area contributed by atoms with E-state index in [2.05, 4.69) is 63.0 Å².